The zero-order chi connectivity index (χ0) is 10.6. The Hall–Kier alpha value is -1.78. The third kappa shape index (κ3) is 2.12. The molecule has 0 spiro atoms. The second-order valence-electron chi connectivity index (χ2n) is 2.80. The molecular formula is C9H12N4O. The van der Waals surface area contributed by atoms with Gasteiger partial charge in [0.2, 0.25) is 6.41 Å². The summed E-state index contributed by atoms with van der Waals surface area (Å²) < 4.78 is 0. The number of aromatic nitrogens is 2. The third-order valence-electron chi connectivity index (χ3n) is 1.68. The first kappa shape index (κ1) is 10.3. The van der Waals surface area contributed by atoms with E-state index < -0.39 is 0 Å². The van der Waals surface area contributed by atoms with Crippen molar-refractivity contribution >= 4 is 18.4 Å². The molecule has 1 amide bonds. The number of anilines is 1. The Bertz CT molecular complexity index is 362. The van der Waals surface area contributed by atoms with Crippen molar-refractivity contribution in [2.45, 2.75) is 6.92 Å². The lowest BCUT2D eigenvalue weighted by Crippen LogP contribution is -2.18. The largest absolute Gasteiger partial charge is 0.302 e. The van der Waals surface area contributed by atoms with Gasteiger partial charge in [0.1, 0.15) is 11.6 Å². The summed E-state index contributed by atoms with van der Waals surface area (Å²) in [5, 5.41) is 0. The first-order valence-corrected chi connectivity index (χ1v) is 4.13. The number of hydrogen-bond acceptors (Lipinski definition) is 4. The summed E-state index contributed by atoms with van der Waals surface area (Å²) in [6.45, 7) is 1.77. The van der Waals surface area contributed by atoms with Gasteiger partial charge in [0, 0.05) is 26.5 Å². The summed E-state index contributed by atoms with van der Waals surface area (Å²) in [7, 11) is 3.30. The molecule has 1 aromatic rings. The van der Waals surface area contributed by atoms with Gasteiger partial charge in [-0.15, -0.1) is 0 Å². The summed E-state index contributed by atoms with van der Waals surface area (Å²) in [6.07, 6.45) is 3.97. The first-order chi connectivity index (χ1) is 6.69. The van der Waals surface area contributed by atoms with E-state index in [4.69, 9.17) is 0 Å². The van der Waals surface area contributed by atoms with Gasteiger partial charge >= 0.3 is 0 Å². The van der Waals surface area contributed by atoms with Gasteiger partial charge in [0.25, 0.3) is 0 Å². The van der Waals surface area contributed by atoms with E-state index in [0.29, 0.717) is 18.1 Å². The average Bonchev–Trinajstić information content (AvgIpc) is 2.20. The minimum absolute atomic E-state index is 0.568. The molecule has 0 saturated carbocycles. The Morgan fingerprint density at radius 1 is 1.57 bits per heavy atom. The van der Waals surface area contributed by atoms with E-state index in [-0.39, 0.29) is 0 Å². The van der Waals surface area contributed by atoms with Crippen LogP contribution in [-0.2, 0) is 4.79 Å². The Morgan fingerprint density at radius 3 is 2.86 bits per heavy atom. The van der Waals surface area contributed by atoms with Crippen LogP contribution in [0, 0.1) is 6.92 Å². The van der Waals surface area contributed by atoms with Crippen LogP contribution in [0.3, 0.4) is 0 Å². The number of aryl methyl sites for hydroxylation is 1. The lowest BCUT2D eigenvalue weighted by atomic mass is 10.3. The first-order valence-electron chi connectivity index (χ1n) is 4.13. The van der Waals surface area contributed by atoms with Gasteiger partial charge in [-0.25, -0.2) is 9.97 Å². The highest BCUT2D eigenvalue weighted by molar-refractivity contribution is 5.89. The molecule has 0 N–H and O–H groups in total. The van der Waals surface area contributed by atoms with Crippen LogP contribution in [0.5, 0.6) is 0 Å². The van der Waals surface area contributed by atoms with Crippen molar-refractivity contribution in [1.29, 1.82) is 0 Å². The predicted molar refractivity (Wildman–Crippen MR) is 54.8 cm³/mol. The lowest BCUT2D eigenvalue weighted by Gasteiger charge is -2.12. The second-order valence-corrected chi connectivity index (χ2v) is 2.80. The molecule has 1 rings (SSSR count). The summed E-state index contributed by atoms with van der Waals surface area (Å²) in [5.74, 6) is 1.19. The van der Waals surface area contributed by atoms with Gasteiger partial charge in [-0.3, -0.25) is 9.79 Å². The molecule has 0 atom stereocenters. The van der Waals surface area contributed by atoms with Crippen LogP contribution in [0.1, 0.15) is 11.4 Å². The van der Waals surface area contributed by atoms with Crippen molar-refractivity contribution in [2.75, 3.05) is 19.0 Å². The molecule has 0 fully saturated rings. The van der Waals surface area contributed by atoms with E-state index in [2.05, 4.69) is 15.0 Å². The molecule has 0 aliphatic carbocycles. The molecule has 0 aromatic carbocycles. The maximum absolute atomic E-state index is 10.6. The number of carbonyl (C=O) groups is 1. The van der Waals surface area contributed by atoms with Crippen LogP contribution in [0.25, 0.3) is 0 Å². The molecular weight excluding hydrogens is 180 g/mol. The highest BCUT2D eigenvalue weighted by Crippen LogP contribution is 2.12. The van der Waals surface area contributed by atoms with E-state index >= 15 is 0 Å². The molecule has 0 bridgehead atoms. The van der Waals surface area contributed by atoms with Crippen LogP contribution >= 0.6 is 0 Å². The SMILES string of the molecule is C/N=C\c1cnc(C)nc1N(C)C=O. The normalized spacial score (nSPS) is 10.5. The number of carbonyl (C=O) groups excluding carboxylic acids is 1. The van der Waals surface area contributed by atoms with Crippen molar-refractivity contribution in [3.8, 4) is 0 Å². The zero-order valence-corrected chi connectivity index (χ0v) is 8.43. The van der Waals surface area contributed by atoms with E-state index in [0.717, 1.165) is 5.56 Å². The van der Waals surface area contributed by atoms with Crippen molar-refractivity contribution in [2.24, 2.45) is 4.99 Å². The van der Waals surface area contributed by atoms with Crippen molar-refractivity contribution in [3.63, 3.8) is 0 Å². The molecule has 0 aliphatic rings. The number of aliphatic imine (C=N–C) groups is 1. The topological polar surface area (TPSA) is 58.5 Å². The number of amides is 1. The molecule has 5 heteroatoms. The van der Waals surface area contributed by atoms with Crippen LogP contribution in [0.4, 0.5) is 5.82 Å². The highest BCUT2D eigenvalue weighted by Gasteiger charge is 2.07. The minimum Gasteiger partial charge on any atom is -0.302 e. The second kappa shape index (κ2) is 4.45. The molecule has 0 radical (unpaired) electrons. The summed E-state index contributed by atoms with van der Waals surface area (Å²) in [4.78, 5) is 24.0. The lowest BCUT2D eigenvalue weighted by molar-refractivity contribution is -0.107. The highest BCUT2D eigenvalue weighted by atomic mass is 16.1. The van der Waals surface area contributed by atoms with Gasteiger partial charge < -0.3 is 4.90 Å². The standard InChI is InChI=1S/C9H12N4O/c1-7-11-5-8(4-10-2)9(12-7)13(3)6-14/h4-6H,1-3H3/b10-4-. The van der Waals surface area contributed by atoms with Gasteiger partial charge in [-0.05, 0) is 6.92 Å². The monoisotopic (exact) mass is 192 g/mol. The fourth-order valence-corrected chi connectivity index (χ4v) is 1.03. The molecule has 1 heterocycles. The number of hydrogen-bond donors (Lipinski definition) is 0. The smallest absolute Gasteiger partial charge is 0.215 e. The van der Waals surface area contributed by atoms with Crippen LogP contribution < -0.4 is 4.90 Å². The Balaban J connectivity index is 3.21. The van der Waals surface area contributed by atoms with Gasteiger partial charge in [-0.1, -0.05) is 0 Å². The number of rotatable bonds is 3. The Morgan fingerprint density at radius 2 is 2.29 bits per heavy atom. The Labute approximate surface area is 82.5 Å². The van der Waals surface area contributed by atoms with Gasteiger partial charge in [-0.2, -0.15) is 0 Å². The van der Waals surface area contributed by atoms with Crippen molar-refractivity contribution in [3.05, 3.63) is 17.6 Å². The van der Waals surface area contributed by atoms with E-state index in [1.54, 1.807) is 33.4 Å². The van der Waals surface area contributed by atoms with Gasteiger partial charge in [0.15, 0.2) is 0 Å². The molecule has 1 aromatic heterocycles. The summed E-state index contributed by atoms with van der Waals surface area (Å²) in [5.41, 5.74) is 0.729. The van der Waals surface area contributed by atoms with E-state index in [1.165, 1.54) is 4.90 Å². The van der Waals surface area contributed by atoms with Crippen LogP contribution in [0.2, 0.25) is 0 Å². The quantitative estimate of drug-likeness (QED) is 0.515. The fourth-order valence-electron chi connectivity index (χ4n) is 1.03. The van der Waals surface area contributed by atoms with E-state index in [1.807, 2.05) is 0 Å². The Kier molecular flexibility index (Phi) is 3.28. The van der Waals surface area contributed by atoms with Crippen molar-refractivity contribution in [1.82, 2.24) is 9.97 Å². The minimum atomic E-state index is 0.568. The molecule has 5 nitrogen and oxygen atoms in total. The fraction of sp³-hybridized carbons (Fsp3) is 0.333. The number of nitrogens with zero attached hydrogens (tertiary/aromatic N) is 4. The zero-order valence-electron chi connectivity index (χ0n) is 8.43. The third-order valence-corrected chi connectivity index (χ3v) is 1.68. The maximum Gasteiger partial charge on any atom is 0.215 e. The molecule has 0 saturated heterocycles. The van der Waals surface area contributed by atoms with Crippen molar-refractivity contribution < 1.29 is 4.79 Å². The molecule has 0 aliphatic heterocycles. The molecule has 0 unspecified atom stereocenters. The van der Waals surface area contributed by atoms with E-state index in [9.17, 15) is 4.79 Å². The van der Waals surface area contributed by atoms with Crippen LogP contribution in [-0.4, -0.2) is 36.7 Å². The molecule has 74 valence electrons. The summed E-state index contributed by atoms with van der Waals surface area (Å²) >= 11 is 0. The average molecular weight is 192 g/mol. The predicted octanol–water partition coefficient (Wildman–Crippen LogP) is 0.426. The summed E-state index contributed by atoms with van der Waals surface area (Å²) in [6, 6.07) is 0. The van der Waals surface area contributed by atoms with Gasteiger partial charge in [0.05, 0.1) is 5.56 Å². The van der Waals surface area contributed by atoms with Crippen LogP contribution in [0.15, 0.2) is 11.2 Å². The molecule has 14 heavy (non-hydrogen) atoms. The maximum atomic E-state index is 10.6.